The van der Waals surface area contributed by atoms with Gasteiger partial charge in [0.05, 0.1) is 33.5 Å². The van der Waals surface area contributed by atoms with Crippen LogP contribution >= 0.6 is 23.2 Å². The number of nitrogens with one attached hydrogen (secondary N) is 1. The van der Waals surface area contributed by atoms with Gasteiger partial charge in [-0.1, -0.05) is 29.3 Å². The monoisotopic (exact) mass is 366 g/mol. The summed E-state index contributed by atoms with van der Waals surface area (Å²) >= 11 is 12.1. The molecule has 1 aliphatic rings. The summed E-state index contributed by atoms with van der Waals surface area (Å²) in [5.74, 6) is -0.574. The quantitative estimate of drug-likeness (QED) is 0.889. The van der Waals surface area contributed by atoms with E-state index in [4.69, 9.17) is 27.6 Å². The van der Waals surface area contributed by atoms with Gasteiger partial charge in [0.2, 0.25) is 5.91 Å². The molecule has 2 heterocycles. The van der Waals surface area contributed by atoms with Crippen molar-refractivity contribution in [1.29, 1.82) is 0 Å². The zero-order chi connectivity index (χ0) is 17.1. The molecule has 24 heavy (non-hydrogen) atoms. The Kier molecular flexibility index (Phi) is 5.11. The molecule has 126 valence electrons. The van der Waals surface area contributed by atoms with Crippen molar-refractivity contribution in [1.82, 2.24) is 4.90 Å². The van der Waals surface area contributed by atoms with Crippen LogP contribution in [0.5, 0.6) is 0 Å². The summed E-state index contributed by atoms with van der Waals surface area (Å²) in [6, 6.07) is 6.70. The second-order valence-corrected chi connectivity index (χ2v) is 6.48. The lowest BCUT2D eigenvalue weighted by atomic mass is 9.96. The molecule has 2 amide bonds. The van der Waals surface area contributed by atoms with Crippen LogP contribution in [0.2, 0.25) is 10.0 Å². The normalized spacial score (nSPS) is 17.6. The highest BCUT2D eigenvalue weighted by Gasteiger charge is 2.29. The minimum Gasteiger partial charge on any atom is -0.472 e. The van der Waals surface area contributed by atoms with E-state index in [0.29, 0.717) is 34.4 Å². The van der Waals surface area contributed by atoms with Crippen LogP contribution in [0.25, 0.3) is 0 Å². The van der Waals surface area contributed by atoms with E-state index in [-0.39, 0.29) is 17.7 Å². The Labute approximate surface area is 149 Å². The van der Waals surface area contributed by atoms with Crippen molar-refractivity contribution in [2.24, 2.45) is 5.92 Å². The lowest BCUT2D eigenvalue weighted by Crippen LogP contribution is -2.43. The van der Waals surface area contributed by atoms with E-state index in [1.165, 1.54) is 12.5 Å². The largest absolute Gasteiger partial charge is 0.472 e. The number of nitrogens with zero attached hydrogens (tertiary/aromatic N) is 1. The fraction of sp³-hybridized carbons (Fsp3) is 0.294. The Bertz CT molecular complexity index is 746. The molecular weight excluding hydrogens is 351 g/mol. The van der Waals surface area contributed by atoms with Gasteiger partial charge in [-0.25, -0.2) is 0 Å². The summed E-state index contributed by atoms with van der Waals surface area (Å²) in [6.07, 6.45) is 4.37. The number of hydrogen-bond donors (Lipinski definition) is 1. The van der Waals surface area contributed by atoms with Crippen LogP contribution in [-0.2, 0) is 4.79 Å². The molecule has 1 fully saturated rings. The summed E-state index contributed by atoms with van der Waals surface area (Å²) in [6.45, 7) is 1.000. The summed E-state index contributed by atoms with van der Waals surface area (Å²) in [5.41, 5.74) is 0.974. The molecule has 1 N–H and O–H groups in total. The van der Waals surface area contributed by atoms with Gasteiger partial charge in [0, 0.05) is 13.1 Å². The average molecular weight is 367 g/mol. The average Bonchev–Trinajstić information content (AvgIpc) is 3.13. The van der Waals surface area contributed by atoms with Gasteiger partial charge in [-0.15, -0.1) is 0 Å². The van der Waals surface area contributed by atoms with Crippen molar-refractivity contribution in [3.63, 3.8) is 0 Å². The number of likely N-dealkylation sites (tertiary alicyclic amines) is 1. The third-order valence-corrected chi connectivity index (χ3v) is 4.88. The highest BCUT2D eigenvalue weighted by molar-refractivity contribution is 6.44. The van der Waals surface area contributed by atoms with Crippen LogP contribution < -0.4 is 5.32 Å². The van der Waals surface area contributed by atoms with Crippen molar-refractivity contribution in [3.05, 3.63) is 52.4 Å². The number of piperidine rings is 1. The Morgan fingerprint density at radius 1 is 1.25 bits per heavy atom. The van der Waals surface area contributed by atoms with Gasteiger partial charge in [0.1, 0.15) is 6.26 Å². The molecule has 1 atom stereocenters. The predicted molar refractivity (Wildman–Crippen MR) is 92.4 cm³/mol. The van der Waals surface area contributed by atoms with Gasteiger partial charge in [0.15, 0.2) is 0 Å². The zero-order valence-electron chi connectivity index (χ0n) is 12.8. The summed E-state index contributed by atoms with van der Waals surface area (Å²) < 4.78 is 4.95. The maximum Gasteiger partial charge on any atom is 0.257 e. The third-order valence-electron chi connectivity index (χ3n) is 4.06. The number of benzene rings is 1. The zero-order valence-corrected chi connectivity index (χ0v) is 14.3. The van der Waals surface area contributed by atoms with E-state index in [9.17, 15) is 9.59 Å². The number of furan rings is 1. The molecular formula is C17H16Cl2N2O3. The van der Waals surface area contributed by atoms with E-state index < -0.39 is 0 Å². The SMILES string of the molecule is O=C(Nc1cccc(Cl)c1Cl)[C@H]1CCCN(C(=O)c2ccoc2)C1. The molecule has 1 saturated heterocycles. The highest BCUT2D eigenvalue weighted by Crippen LogP contribution is 2.30. The number of carbonyl (C=O) groups excluding carboxylic acids is 2. The first-order chi connectivity index (χ1) is 11.6. The first kappa shape index (κ1) is 16.9. The first-order valence-corrected chi connectivity index (χ1v) is 8.38. The van der Waals surface area contributed by atoms with Gasteiger partial charge < -0.3 is 14.6 Å². The van der Waals surface area contributed by atoms with Crippen LogP contribution in [0.4, 0.5) is 5.69 Å². The topological polar surface area (TPSA) is 62.6 Å². The highest BCUT2D eigenvalue weighted by atomic mass is 35.5. The van der Waals surface area contributed by atoms with E-state index >= 15 is 0 Å². The fourth-order valence-electron chi connectivity index (χ4n) is 2.78. The fourth-order valence-corrected chi connectivity index (χ4v) is 3.13. The smallest absolute Gasteiger partial charge is 0.257 e. The van der Waals surface area contributed by atoms with Crippen molar-refractivity contribution in [3.8, 4) is 0 Å². The molecule has 0 saturated carbocycles. The van der Waals surface area contributed by atoms with Crippen LogP contribution in [0.3, 0.4) is 0 Å². The number of rotatable bonds is 3. The number of anilines is 1. The van der Waals surface area contributed by atoms with Crippen molar-refractivity contribution < 1.29 is 14.0 Å². The molecule has 5 nitrogen and oxygen atoms in total. The van der Waals surface area contributed by atoms with Gasteiger partial charge in [-0.3, -0.25) is 9.59 Å². The molecule has 0 aliphatic carbocycles. The standard InChI is InChI=1S/C17H16Cl2N2O3/c18-13-4-1-5-14(15(13)19)20-16(22)11-3-2-7-21(9-11)17(23)12-6-8-24-10-12/h1,4-6,8,10-11H,2-3,7,9H2,(H,20,22)/t11-/m0/s1. The lowest BCUT2D eigenvalue weighted by molar-refractivity contribution is -0.121. The van der Waals surface area contributed by atoms with Crippen molar-refractivity contribution >= 4 is 40.7 Å². The van der Waals surface area contributed by atoms with E-state index in [0.717, 1.165) is 12.8 Å². The van der Waals surface area contributed by atoms with E-state index in [1.54, 1.807) is 29.2 Å². The molecule has 1 aromatic heterocycles. The predicted octanol–water partition coefficient (Wildman–Crippen LogP) is 4.08. The van der Waals surface area contributed by atoms with Crippen molar-refractivity contribution in [2.45, 2.75) is 12.8 Å². The second-order valence-electron chi connectivity index (χ2n) is 5.69. The lowest BCUT2D eigenvalue weighted by Gasteiger charge is -2.31. The van der Waals surface area contributed by atoms with Gasteiger partial charge in [-0.2, -0.15) is 0 Å². The molecule has 2 aromatic rings. The maximum absolute atomic E-state index is 12.5. The molecule has 7 heteroatoms. The minimum absolute atomic E-state index is 0.123. The molecule has 1 aromatic carbocycles. The van der Waals surface area contributed by atoms with Gasteiger partial charge in [-0.05, 0) is 31.0 Å². The Hall–Kier alpha value is -1.98. The van der Waals surface area contributed by atoms with E-state index in [1.807, 2.05) is 0 Å². The van der Waals surface area contributed by atoms with Crippen LogP contribution in [0.15, 0.2) is 41.2 Å². The second kappa shape index (κ2) is 7.28. The van der Waals surface area contributed by atoms with Crippen LogP contribution in [-0.4, -0.2) is 29.8 Å². The van der Waals surface area contributed by atoms with Crippen molar-refractivity contribution in [2.75, 3.05) is 18.4 Å². The Morgan fingerprint density at radius 2 is 2.08 bits per heavy atom. The molecule has 0 spiro atoms. The molecule has 1 aliphatic heterocycles. The molecule has 0 unspecified atom stereocenters. The molecule has 0 radical (unpaired) electrons. The summed E-state index contributed by atoms with van der Waals surface area (Å²) in [4.78, 5) is 26.6. The molecule has 0 bridgehead atoms. The minimum atomic E-state index is -0.287. The Balaban J connectivity index is 1.67. The Morgan fingerprint density at radius 3 is 2.83 bits per heavy atom. The molecule has 3 rings (SSSR count). The van der Waals surface area contributed by atoms with Gasteiger partial charge in [0.25, 0.3) is 5.91 Å². The summed E-state index contributed by atoms with van der Waals surface area (Å²) in [7, 11) is 0. The van der Waals surface area contributed by atoms with Crippen LogP contribution in [0, 0.1) is 5.92 Å². The van der Waals surface area contributed by atoms with E-state index in [2.05, 4.69) is 5.32 Å². The number of hydrogen-bond acceptors (Lipinski definition) is 3. The number of carbonyl (C=O) groups is 2. The van der Waals surface area contributed by atoms with Gasteiger partial charge >= 0.3 is 0 Å². The van der Waals surface area contributed by atoms with Crippen LogP contribution in [0.1, 0.15) is 23.2 Å². The number of amides is 2. The number of halogens is 2. The first-order valence-electron chi connectivity index (χ1n) is 7.62. The summed E-state index contributed by atoms with van der Waals surface area (Å²) in [5, 5.41) is 3.50. The maximum atomic E-state index is 12.5. The third kappa shape index (κ3) is 3.57.